The normalized spacial score (nSPS) is 10.2. The van der Waals surface area contributed by atoms with Crippen LogP contribution < -0.4 is 5.73 Å². The van der Waals surface area contributed by atoms with Gasteiger partial charge in [0.1, 0.15) is 5.75 Å². The van der Waals surface area contributed by atoms with Crippen molar-refractivity contribution in [3.63, 3.8) is 0 Å². The van der Waals surface area contributed by atoms with Crippen molar-refractivity contribution in [1.29, 1.82) is 0 Å². The highest BCUT2D eigenvalue weighted by atomic mass is 35.5. The molecule has 0 spiro atoms. The van der Waals surface area contributed by atoms with Gasteiger partial charge in [-0.05, 0) is 24.6 Å². The zero-order valence-electron chi connectivity index (χ0n) is 6.35. The van der Waals surface area contributed by atoms with Crippen molar-refractivity contribution in [3.8, 4) is 5.75 Å². The monoisotopic (exact) mass is 205 g/mol. The second kappa shape index (κ2) is 3.99. The summed E-state index contributed by atoms with van der Waals surface area (Å²) in [5.41, 5.74) is 6.13. The van der Waals surface area contributed by atoms with Gasteiger partial charge in [-0.15, -0.1) is 0 Å². The van der Waals surface area contributed by atoms with Gasteiger partial charge >= 0.3 is 0 Å². The largest absolute Gasteiger partial charge is 0.506 e. The first-order valence-corrected chi connectivity index (χ1v) is 4.27. The summed E-state index contributed by atoms with van der Waals surface area (Å²) in [6, 6.07) is 3.11. The highest BCUT2D eigenvalue weighted by Gasteiger charge is 2.06. The summed E-state index contributed by atoms with van der Waals surface area (Å²) >= 11 is 11.5. The van der Waals surface area contributed by atoms with Gasteiger partial charge in [-0.25, -0.2) is 0 Å². The number of phenols is 1. The summed E-state index contributed by atoms with van der Waals surface area (Å²) < 4.78 is 0. The zero-order valence-corrected chi connectivity index (χ0v) is 7.86. The highest BCUT2D eigenvalue weighted by molar-refractivity contribution is 6.34. The van der Waals surface area contributed by atoms with E-state index in [0.717, 1.165) is 5.56 Å². The molecule has 3 N–H and O–H groups in total. The van der Waals surface area contributed by atoms with Crippen molar-refractivity contribution in [2.24, 2.45) is 5.73 Å². The summed E-state index contributed by atoms with van der Waals surface area (Å²) in [6.07, 6.45) is 0.618. The first kappa shape index (κ1) is 9.65. The minimum atomic E-state index is 0.00705. The van der Waals surface area contributed by atoms with Crippen molar-refractivity contribution in [1.82, 2.24) is 0 Å². The van der Waals surface area contributed by atoms with Crippen LogP contribution in [-0.2, 0) is 6.42 Å². The third-order valence-corrected chi connectivity index (χ3v) is 2.16. The molecule has 0 amide bonds. The minimum absolute atomic E-state index is 0.00705. The van der Waals surface area contributed by atoms with Crippen molar-refractivity contribution in [2.45, 2.75) is 6.42 Å². The molecule has 0 saturated carbocycles. The van der Waals surface area contributed by atoms with E-state index in [1.165, 1.54) is 6.07 Å². The number of benzene rings is 1. The van der Waals surface area contributed by atoms with Gasteiger partial charge in [0.05, 0.1) is 5.02 Å². The van der Waals surface area contributed by atoms with E-state index in [1.54, 1.807) is 6.07 Å². The van der Waals surface area contributed by atoms with Crippen LogP contribution in [0, 0.1) is 0 Å². The van der Waals surface area contributed by atoms with Gasteiger partial charge in [0.2, 0.25) is 0 Å². The average Bonchev–Trinajstić information content (AvgIpc) is 2.00. The Morgan fingerprint density at radius 3 is 2.58 bits per heavy atom. The lowest BCUT2D eigenvalue weighted by atomic mass is 10.1. The maximum Gasteiger partial charge on any atom is 0.135 e. The summed E-state index contributed by atoms with van der Waals surface area (Å²) in [7, 11) is 0. The van der Waals surface area contributed by atoms with E-state index in [2.05, 4.69) is 0 Å². The van der Waals surface area contributed by atoms with Crippen LogP contribution in [0.2, 0.25) is 10.0 Å². The molecule has 0 aliphatic heterocycles. The summed E-state index contributed by atoms with van der Waals surface area (Å²) in [4.78, 5) is 0. The molecule has 12 heavy (non-hydrogen) atoms. The third-order valence-electron chi connectivity index (χ3n) is 1.51. The Hall–Kier alpha value is -0.440. The second-order valence-electron chi connectivity index (χ2n) is 2.44. The first-order chi connectivity index (χ1) is 5.65. The molecule has 1 rings (SSSR count). The maximum atomic E-state index is 9.25. The van der Waals surface area contributed by atoms with E-state index < -0.39 is 0 Å². The first-order valence-electron chi connectivity index (χ1n) is 3.52. The van der Waals surface area contributed by atoms with Crippen molar-refractivity contribution in [3.05, 3.63) is 27.7 Å². The lowest BCUT2D eigenvalue weighted by molar-refractivity contribution is 0.475. The number of rotatable bonds is 2. The van der Waals surface area contributed by atoms with Crippen LogP contribution in [0.3, 0.4) is 0 Å². The summed E-state index contributed by atoms with van der Waals surface area (Å²) in [5, 5.41) is 10.1. The van der Waals surface area contributed by atoms with Crippen LogP contribution in [-0.4, -0.2) is 11.7 Å². The second-order valence-corrected chi connectivity index (χ2v) is 3.25. The number of nitrogens with two attached hydrogens (primary N) is 1. The van der Waals surface area contributed by atoms with E-state index in [9.17, 15) is 5.11 Å². The van der Waals surface area contributed by atoms with E-state index >= 15 is 0 Å². The molecule has 0 aliphatic carbocycles. The number of phenolic OH excluding ortho intramolecular Hbond substituents is 1. The smallest absolute Gasteiger partial charge is 0.135 e. The minimum Gasteiger partial charge on any atom is -0.506 e. The number of hydrogen-bond acceptors (Lipinski definition) is 2. The van der Waals surface area contributed by atoms with Gasteiger partial charge in [-0.1, -0.05) is 23.2 Å². The molecule has 0 aliphatic rings. The van der Waals surface area contributed by atoms with Gasteiger partial charge in [-0.2, -0.15) is 0 Å². The van der Waals surface area contributed by atoms with E-state index in [-0.39, 0.29) is 5.75 Å². The lowest BCUT2D eigenvalue weighted by Gasteiger charge is -2.04. The van der Waals surface area contributed by atoms with Gasteiger partial charge in [0, 0.05) is 11.1 Å². The van der Waals surface area contributed by atoms with E-state index in [0.29, 0.717) is 23.0 Å². The van der Waals surface area contributed by atoms with Crippen LogP contribution >= 0.6 is 23.2 Å². The predicted molar refractivity (Wildman–Crippen MR) is 50.9 cm³/mol. The molecule has 0 saturated heterocycles. The molecule has 2 nitrogen and oxygen atoms in total. The van der Waals surface area contributed by atoms with Crippen LogP contribution in [0.1, 0.15) is 5.56 Å². The molecule has 4 heteroatoms. The van der Waals surface area contributed by atoms with Crippen LogP contribution in [0.25, 0.3) is 0 Å². The fraction of sp³-hybridized carbons (Fsp3) is 0.250. The topological polar surface area (TPSA) is 46.2 Å². The number of hydrogen-bond donors (Lipinski definition) is 2. The molecule has 1 aromatic rings. The van der Waals surface area contributed by atoms with Crippen molar-refractivity contribution < 1.29 is 5.11 Å². The molecule has 0 atom stereocenters. The lowest BCUT2D eigenvalue weighted by Crippen LogP contribution is -2.03. The predicted octanol–water partition coefficient (Wildman–Crippen LogP) is 2.20. The molecule has 0 bridgehead atoms. The number of aromatic hydroxyl groups is 1. The zero-order chi connectivity index (χ0) is 9.14. The molecule has 0 radical (unpaired) electrons. The quantitative estimate of drug-likeness (QED) is 0.779. The Morgan fingerprint density at radius 2 is 2.00 bits per heavy atom. The molecule has 1 aromatic carbocycles. The SMILES string of the molecule is NCCc1cc(Cl)cc(O)c1Cl. The molecule has 66 valence electrons. The van der Waals surface area contributed by atoms with Gasteiger partial charge < -0.3 is 10.8 Å². The van der Waals surface area contributed by atoms with Crippen molar-refractivity contribution >= 4 is 23.2 Å². The Bertz CT molecular complexity index is 289. The Balaban J connectivity index is 3.09. The fourth-order valence-electron chi connectivity index (χ4n) is 0.967. The fourth-order valence-corrected chi connectivity index (χ4v) is 1.41. The number of halogens is 2. The molecular weight excluding hydrogens is 197 g/mol. The van der Waals surface area contributed by atoms with Crippen LogP contribution in [0.5, 0.6) is 5.75 Å². The van der Waals surface area contributed by atoms with E-state index in [4.69, 9.17) is 28.9 Å². The molecule has 0 fully saturated rings. The molecule has 0 heterocycles. The summed E-state index contributed by atoms with van der Waals surface area (Å²) in [6.45, 7) is 0.486. The summed E-state index contributed by atoms with van der Waals surface area (Å²) in [5.74, 6) is 0.00705. The standard InChI is InChI=1S/C8H9Cl2NO/c9-6-3-5(1-2-11)8(10)7(12)4-6/h3-4,12H,1-2,11H2. The Labute approximate surface area is 80.9 Å². The van der Waals surface area contributed by atoms with Crippen LogP contribution in [0.15, 0.2) is 12.1 Å². The molecule has 0 unspecified atom stereocenters. The average molecular weight is 206 g/mol. The highest BCUT2D eigenvalue weighted by Crippen LogP contribution is 2.30. The Morgan fingerprint density at radius 1 is 1.33 bits per heavy atom. The molecule has 0 aromatic heterocycles. The van der Waals surface area contributed by atoms with Gasteiger partial charge in [0.25, 0.3) is 0 Å². The van der Waals surface area contributed by atoms with Crippen molar-refractivity contribution in [2.75, 3.05) is 6.54 Å². The third kappa shape index (κ3) is 2.03. The molecular formula is C8H9Cl2NO. The van der Waals surface area contributed by atoms with Crippen LogP contribution in [0.4, 0.5) is 0 Å². The van der Waals surface area contributed by atoms with Gasteiger partial charge in [0.15, 0.2) is 0 Å². The maximum absolute atomic E-state index is 9.25. The van der Waals surface area contributed by atoms with E-state index in [1.807, 2.05) is 0 Å². The Kier molecular flexibility index (Phi) is 3.20. The van der Waals surface area contributed by atoms with Gasteiger partial charge in [-0.3, -0.25) is 0 Å².